The number of phenols is 1. The number of anilines is 1. The highest BCUT2D eigenvalue weighted by Crippen LogP contribution is 2.29. The monoisotopic (exact) mass is 370 g/mol. The molecule has 0 bridgehead atoms. The van der Waals surface area contributed by atoms with Crippen LogP contribution in [0, 0.1) is 0 Å². The summed E-state index contributed by atoms with van der Waals surface area (Å²) in [6.45, 7) is 8.44. The van der Waals surface area contributed by atoms with E-state index < -0.39 is 0 Å². The zero-order valence-electron chi connectivity index (χ0n) is 15.7. The minimum absolute atomic E-state index is 0.0925. The van der Waals surface area contributed by atoms with E-state index in [0.717, 1.165) is 12.0 Å². The number of amides is 1. The number of thiocarbonyl (C=S) groups is 1. The first kappa shape index (κ1) is 19.9. The maximum Gasteiger partial charge on any atom is 0.257 e. The molecule has 2 rings (SSSR count). The standard InChI is InChI=1S/C21H26N2O2S/c1-5-14(4)17-10-11-19(24)18(12-17)22-21(26)23-20(25)16-8-6-15(7-9-16)13(2)3/h6-14,24H,5H2,1-4H3,(H2,22,23,25,26). The molecule has 0 heterocycles. The summed E-state index contributed by atoms with van der Waals surface area (Å²) >= 11 is 5.22. The minimum atomic E-state index is -0.282. The second-order valence-electron chi connectivity index (χ2n) is 6.77. The van der Waals surface area contributed by atoms with Crippen LogP contribution in [0.3, 0.4) is 0 Å². The number of carbonyl (C=O) groups excluding carboxylic acids is 1. The molecule has 138 valence electrons. The summed E-state index contributed by atoms with van der Waals surface area (Å²) in [5.74, 6) is 0.597. The molecule has 0 saturated carbocycles. The lowest BCUT2D eigenvalue weighted by Gasteiger charge is -2.15. The first-order chi connectivity index (χ1) is 12.3. The molecule has 1 atom stereocenters. The van der Waals surface area contributed by atoms with Gasteiger partial charge in [0.25, 0.3) is 5.91 Å². The Kier molecular flexibility index (Phi) is 6.75. The Hall–Kier alpha value is -2.40. The molecule has 4 nitrogen and oxygen atoms in total. The second-order valence-corrected chi connectivity index (χ2v) is 7.18. The quantitative estimate of drug-likeness (QED) is 0.503. The van der Waals surface area contributed by atoms with Gasteiger partial charge < -0.3 is 10.4 Å². The number of rotatable bonds is 5. The Morgan fingerprint density at radius 3 is 2.27 bits per heavy atom. The van der Waals surface area contributed by atoms with Crippen LogP contribution in [0.25, 0.3) is 0 Å². The van der Waals surface area contributed by atoms with Crippen molar-refractivity contribution in [2.24, 2.45) is 0 Å². The van der Waals surface area contributed by atoms with Crippen molar-refractivity contribution in [1.29, 1.82) is 0 Å². The number of hydrogen-bond donors (Lipinski definition) is 3. The van der Waals surface area contributed by atoms with Gasteiger partial charge in [0.15, 0.2) is 5.11 Å². The van der Waals surface area contributed by atoms with Crippen molar-refractivity contribution in [3.05, 3.63) is 59.2 Å². The molecule has 0 aliphatic carbocycles. The first-order valence-corrected chi connectivity index (χ1v) is 9.27. The van der Waals surface area contributed by atoms with Crippen LogP contribution in [0.2, 0.25) is 0 Å². The van der Waals surface area contributed by atoms with Gasteiger partial charge in [0.1, 0.15) is 5.75 Å². The van der Waals surface area contributed by atoms with Gasteiger partial charge in [-0.3, -0.25) is 10.1 Å². The van der Waals surface area contributed by atoms with Crippen molar-refractivity contribution in [1.82, 2.24) is 5.32 Å². The molecule has 0 aliphatic rings. The SMILES string of the molecule is CCC(C)c1ccc(O)c(NC(=S)NC(=O)c2ccc(C(C)C)cc2)c1. The highest BCUT2D eigenvalue weighted by Gasteiger charge is 2.12. The van der Waals surface area contributed by atoms with Gasteiger partial charge in [0.05, 0.1) is 5.69 Å². The highest BCUT2D eigenvalue weighted by molar-refractivity contribution is 7.80. The van der Waals surface area contributed by atoms with E-state index in [1.165, 1.54) is 5.56 Å². The van der Waals surface area contributed by atoms with Gasteiger partial charge in [0, 0.05) is 5.56 Å². The predicted octanol–water partition coefficient (Wildman–Crippen LogP) is 5.16. The van der Waals surface area contributed by atoms with E-state index in [0.29, 0.717) is 23.1 Å². The van der Waals surface area contributed by atoms with Gasteiger partial charge in [-0.05, 0) is 65.9 Å². The van der Waals surface area contributed by atoms with E-state index in [1.54, 1.807) is 18.2 Å². The number of benzene rings is 2. The summed E-state index contributed by atoms with van der Waals surface area (Å²) in [4.78, 5) is 12.3. The van der Waals surface area contributed by atoms with Gasteiger partial charge in [-0.2, -0.15) is 0 Å². The number of aromatic hydroxyl groups is 1. The molecule has 0 saturated heterocycles. The Morgan fingerprint density at radius 2 is 1.69 bits per heavy atom. The van der Waals surface area contributed by atoms with Crippen molar-refractivity contribution in [2.45, 2.75) is 46.0 Å². The van der Waals surface area contributed by atoms with Gasteiger partial charge in [-0.25, -0.2) is 0 Å². The third-order valence-electron chi connectivity index (χ3n) is 4.52. The molecule has 0 spiro atoms. The van der Waals surface area contributed by atoms with Crippen LogP contribution in [0.5, 0.6) is 5.75 Å². The Bertz CT molecular complexity index is 785. The average Bonchev–Trinajstić information content (AvgIpc) is 2.62. The van der Waals surface area contributed by atoms with E-state index in [2.05, 4.69) is 38.3 Å². The Labute approximate surface area is 160 Å². The molecule has 0 fully saturated rings. The lowest BCUT2D eigenvalue weighted by molar-refractivity contribution is 0.0977. The summed E-state index contributed by atoms with van der Waals surface area (Å²) in [5, 5.41) is 15.8. The van der Waals surface area contributed by atoms with E-state index >= 15 is 0 Å². The highest BCUT2D eigenvalue weighted by atomic mass is 32.1. The molecular weight excluding hydrogens is 344 g/mol. The second kappa shape index (κ2) is 8.81. The zero-order valence-corrected chi connectivity index (χ0v) is 16.5. The maximum absolute atomic E-state index is 12.3. The molecule has 1 unspecified atom stereocenters. The zero-order chi connectivity index (χ0) is 19.3. The van der Waals surface area contributed by atoms with Crippen molar-refractivity contribution >= 4 is 28.9 Å². The van der Waals surface area contributed by atoms with E-state index in [9.17, 15) is 9.90 Å². The van der Waals surface area contributed by atoms with E-state index in [1.807, 2.05) is 24.3 Å². The van der Waals surface area contributed by atoms with Crippen LogP contribution in [0.1, 0.15) is 67.4 Å². The molecule has 0 aliphatic heterocycles. The fraction of sp³-hybridized carbons (Fsp3) is 0.333. The molecule has 2 aromatic rings. The summed E-state index contributed by atoms with van der Waals surface area (Å²) in [6, 6.07) is 12.8. The van der Waals surface area contributed by atoms with Crippen LogP contribution < -0.4 is 10.6 Å². The van der Waals surface area contributed by atoms with Crippen molar-refractivity contribution in [2.75, 3.05) is 5.32 Å². The summed E-state index contributed by atoms with van der Waals surface area (Å²) in [6.07, 6.45) is 0.998. The fourth-order valence-electron chi connectivity index (χ4n) is 2.54. The molecular formula is C21H26N2O2S. The summed E-state index contributed by atoms with van der Waals surface area (Å²) < 4.78 is 0. The molecule has 2 aromatic carbocycles. The van der Waals surface area contributed by atoms with Crippen LogP contribution in [0.15, 0.2) is 42.5 Å². The van der Waals surface area contributed by atoms with E-state index in [4.69, 9.17) is 12.2 Å². The fourth-order valence-corrected chi connectivity index (χ4v) is 2.75. The number of carbonyl (C=O) groups is 1. The first-order valence-electron chi connectivity index (χ1n) is 8.87. The van der Waals surface area contributed by atoms with Gasteiger partial charge >= 0.3 is 0 Å². The Morgan fingerprint density at radius 1 is 1.08 bits per heavy atom. The number of phenolic OH excluding ortho intramolecular Hbond substituents is 1. The van der Waals surface area contributed by atoms with Crippen molar-refractivity contribution < 1.29 is 9.90 Å². The largest absolute Gasteiger partial charge is 0.506 e. The van der Waals surface area contributed by atoms with Crippen LogP contribution in [-0.2, 0) is 0 Å². The molecule has 5 heteroatoms. The van der Waals surface area contributed by atoms with E-state index in [-0.39, 0.29) is 16.8 Å². The smallest absolute Gasteiger partial charge is 0.257 e. The number of nitrogens with one attached hydrogen (secondary N) is 2. The van der Waals surface area contributed by atoms with Crippen LogP contribution in [0.4, 0.5) is 5.69 Å². The van der Waals surface area contributed by atoms with Gasteiger partial charge in [0.2, 0.25) is 0 Å². The summed E-state index contributed by atoms with van der Waals surface area (Å²) in [7, 11) is 0. The summed E-state index contributed by atoms with van der Waals surface area (Å²) in [5.41, 5.74) is 3.31. The topological polar surface area (TPSA) is 61.4 Å². The predicted molar refractivity (Wildman–Crippen MR) is 111 cm³/mol. The minimum Gasteiger partial charge on any atom is -0.506 e. The van der Waals surface area contributed by atoms with Crippen LogP contribution >= 0.6 is 12.2 Å². The third-order valence-corrected chi connectivity index (χ3v) is 4.72. The lowest BCUT2D eigenvalue weighted by Crippen LogP contribution is -2.34. The maximum atomic E-state index is 12.3. The Balaban J connectivity index is 2.05. The third kappa shape index (κ3) is 5.05. The lowest BCUT2D eigenvalue weighted by atomic mass is 9.98. The molecule has 0 radical (unpaired) electrons. The molecule has 1 amide bonds. The van der Waals surface area contributed by atoms with Gasteiger partial charge in [-0.1, -0.05) is 45.9 Å². The van der Waals surface area contributed by atoms with Crippen molar-refractivity contribution in [3.63, 3.8) is 0 Å². The molecule has 3 N–H and O–H groups in total. The van der Waals surface area contributed by atoms with Crippen LogP contribution in [-0.4, -0.2) is 16.1 Å². The molecule has 0 aromatic heterocycles. The molecule has 26 heavy (non-hydrogen) atoms. The normalized spacial score (nSPS) is 11.9. The number of hydrogen-bond acceptors (Lipinski definition) is 3. The average molecular weight is 371 g/mol. The van der Waals surface area contributed by atoms with Crippen molar-refractivity contribution in [3.8, 4) is 5.75 Å². The van der Waals surface area contributed by atoms with Gasteiger partial charge in [-0.15, -0.1) is 0 Å².